The summed E-state index contributed by atoms with van der Waals surface area (Å²) in [6.45, 7) is 9.33. The molecule has 6 aromatic carbocycles. The van der Waals surface area contributed by atoms with Crippen molar-refractivity contribution in [3.63, 3.8) is 0 Å². The van der Waals surface area contributed by atoms with E-state index in [-0.39, 0.29) is 0 Å². The smallest absolute Gasteiger partial charge is 0.151 e. The SMILES string of the molecule is CCCCn1c2cc(C=O)c(Br)cc2c2cc(Br)c(/C=C\c3cc4c(cc3Br)c3cc(Br)c(/C=C\c5cc6c(cc5Br)c5cc(Br)c(C=O)cc5n6CCCC)cc3n4CCCC)cc21. The zero-order valence-corrected chi connectivity index (χ0v) is 45.7. The van der Waals surface area contributed by atoms with Crippen LogP contribution in [0.15, 0.2) is 99.6 Å². The van der Waals surface area contributed by atoms with Gasteiger partial charge >= 0.3 is 0 Å². The molecular formula is C54H45Br6N3O2. The molecule has 330 valence electrons. The zero-order valence-electron chi connectivity index (χ0n) is 36.2. The lowest BCUT2D eigenvalue weighted by Crippen LogP contribution is -1.98. The van der Waals surface area contributed by atoms with Gasteiger partial charge < -0.3 is 13.7 Å². The lowest BCUT2D eigenvalue weighted by molar-refractivity contribution is 0.111. The van der Waals surface area contributed by atoms with Crippen LogP contribution in [0.3, 0.4) is 0 Å². The Morgan fingerprint density at radius 3 is 0.738 bits per heavy atom. The van der Waals surface area contributed by atoms with Gasteiger partial charge in [-0.25, -0.2) is 0 Å². The number of hydrogen-bond donors (Lipinski definition) is 0. The van der Waals surface area contributed by atoms with Gasteiger partial charge in [-0.05, 0) is 114 Å². The second kappa shape index (κ2) is 19.6. The molecule has 0 bridgehead atoms. The molecule has 65 heavy (non-hydrogen) atoms. The summed E-state index contributed by atoms with van der Waals surface area (Å²) in [7, 11) is 0. The molecular weight excluding hydrogens is 1200 g/mol. The number of rotatable bonds is 15. The van der Waals surface area contributed by atoms with E-state index in [4.69, 9.17) is 0 Å². The second-order valence-electron chi connectivity index (χ2n) is 16.8. The van der Waals surface area contributed by atoms with Gasteiger partial charge in [-0.3, -0.25) is 9.59 Å². The van der Waals surface area contributed by atoms with E-state index in [1.807, 2.05) is 12.1 Å². The molecule has 0 radical (unpaired) electrons. The number of halogens is 6. The van der Waals surface area contributed by atoms with Gasteiger partial charge in [0.25, 0.3) is 0 Å². The minimum absolute atomic E-state index is 0.657. The molecule has 0 unspecified atom stereocenters. The summed E-state index contributed by atoms with van der Waals surface area (Å²) < 4.78 is 12.9. The van der Waals surface area contributed by atoms with E-state index in [1.165, 1.54) is 21.8 Å². The highest BCUT2D eigenvalue weighted by Gasteiger charge is 2.19. The molecule has 11 heteroatoms. The molecule has 0 aliphatic rings. The summed E-state index contributed by atoms with van der Waals surface area (Å²) in [6, 6.07) is 26.3. The number of carbonyl (C=O) groups is 2. The molecule has 0 saturated heterocycles. The van der Waals surface area contributed by atoms with Crippen molar-refractivity contribution in [2.75, 3.05) is 0 Å². The van der Waals surface area contributed by atoms with Gasteiger partial charge in [0.05, 0.1) is 0 Å². The summed E-state index contributed by atoms with van der Waals surface area (Å²) >= 11 is 23.0. The first kappa shape index (κ1) is 46.5. The van der Waals surface area contributed by atoms with Crippen LogP contribution < -0.4 is 0 Å². The molecule has 0 atom stereocenters. The largest absolute Gasteiger partial charge is 0.340 e. The van der Waals surface area contributed by atoms with Crippen LogP contribution in [-0.2, 0) is 19.6 Å². The molecule has 0 amide bonds. The van der Waals surface area contributed by atoms with Gasteiger partial charge in [0, 0.05) is 123 Å². The Morgan fingerprint density at radius 1 is 0.338 bits per heavy atom. The van der Waals surface area contributed by atoms with Crippen LogP contribution in [0.5, 0.6) is 0 Å². The first-order chi connectivity index (χ1) is 31.5. The minimum atomic E-state index is 0.657. The minimum Gasteiger partial charge on any atom is -0.340 e. The van der Waals surface area contributed by atoms with E-state index >= 15 is 0 Å². The number of hydrogen-bond acceptors (Lipinski definition) is 2. The van der Waals surface area contributed by atoms with Crippen LogP contribution >= 0.6 is 95.6 Å². The highest BCUT2D eigenvalue weighted by molar-refractivity contribution is 9.11. The van der Waals surface area contributed by atoms with E-state index < -0.39 is 0 Å². The average molecular weight is 1250 g/mol. The summed E-state index contributed by atoms with van der Waals surface area (Å²) in [5, 5.41) is 6.99. The monoisotopic (exact) mass is 1240 g/mol. The van der Waals surface area contributed by atoms with Crippen molar-refractivity contribution in [1.82, 2.24) is 13.7 Å². The van der Waals surface area contributed by atoms with Gasteiger partial charge in [-0.1, -0.05) is 160 Å². The lowest BCUT2D eigenvalue weighted by atomic mass is 10.1. The Morgan fingerprint density at radius 2 is 0.538 bits per heavy atom. The molecule has 3 heterocycles. The van der Waals surface area contributed by atoms with Crippen molar-refractivity contribution in [1.29, 1.82) is 0 Å². The van der Waals surface area contributed by atoms with E-state index in [2.05, 4.69) is 215 Å². The molecule has 0 aliphatic heterocycles. The third kappa shape index (κ3) is 8.65. The van der Waals surface area contributed by atoms with Crippen LogP contribution in [0.4, 0.5) is 0 Å². The van der Waals surface area contributed by atoms with Crippen LogP contribution in [0.2, 0.25) is 0 Å². The Balaban J connectivity index is 1.11. The van der Waals surface area contributed by atoms with E-state index in [9.17, 15) is 9.59 Å². The van der Waals surface area contributed by atoms with E-state index in [0.29, 0.717) is 11.1 Å². The lowest BCUT2D eigenvalue weighted by Gasteiger charge is -2.09. The van der Waals surface area contributed by atoms with Crippen LogP contribution in [0.1, 0.15) is 102 Å². The molecule has 9 aromatic rings. The van der Waals surface area contributed by atoms with Crippen LogP contribution in [0, 0.1) is 0 Å². The first-order valence-corrected chi connectivity index (χ1v) is 26.9. The van der Waals surface area contributed by atoms with Gasteiger partial charge in [0.15, 0.2) is 12.6 Å². The van der Waals surface area contributed by atoms with E-state index in [0.717, 1.165) is 163 Å². The third-order valence-electron chi connectivity index (χ3n) is 12.7. The molecule has 3 aromatic heterocycles. The third-order valence-corrected chi connectivity index (χ3v) is 16.8. The quantitative estimate of drug-likeness (QED) is 0.0759. The van der Waals surface area contributed by atoms with Gasteiger partial charge in [0.1, 0.15) is 0 Å². The number of aldehydes is 2. The molecule has 0 spiro atoms. The molecule has 0 aliphatic carbocycles. The number of benzene rings is 6. The van der Waals surface area contributed by atoms with Crippen molar-refractivity contribution < 1.29 is 9.59 Å². The summed E-state index contributed by atoms with van der Waals surface area (Å²) in [5.41, 5.74) is 12.5. The summed E-state index contributed by atoms with van der Waals surface area (Å²) in [5.74, 6) is 0. The van der Waals surface area contributed by atoms with Crippen molar-refractivity contribution in [2.45, 2.75) is 78.9 Å². The topological polar surface area (TPSA) is 48.9 Å². The van der Waals surface area contributed by atoms with Crippen LogP contribution in [0.25, 0.3) is 89.7 Å². The fraction of sp³-hybridized carbons (Fsp3) is 0.222. The maximum absolute atomic E-state index is 11.9. The number of fused-ring (bicyclic) bond motifs is 9. The van der Waals surface area contributed by atoms with E-state index in [1.54, 1.807) is 0 Å². The standard InChI is InChI=1S/C54H45Br6N3O2/c1-4-7-14-61-49-17-31(10-12-33-19-51-39(25-45(33)57)41-27-47(59)35(29-64)21-53(41)62(51)15-8-5-2)43(55)23-37(49)38-24-44(56)32(18-50(38)61)11-13-34-20-52-40(26-46(34)58)42-28-48(60)36(30-65)22-54(42)63(52)16-9-6-3/h10-13,17-30H,4-9,14-16H2,1-3H3/b12-10-,13-11-. The highest BCUT2D eigenvalue weighted by atomic mass is 79.9. The van der Waals surface area contributed by atoms with Crippen molar-refractivity contribution in [3.8, 4) is 0 Å². The summed E-state index contributed by atoms with van der Waals surface area (Å²) in [6.07, 6.45) is 17.0. The molecule has 5 nitrogen and oxygen atoms in total. The Kier molecular flexibility index (Phi) is 14.0. The highest BCUT2D eigenvalue weighted by Crippen LogP contribution is 2.41. The number of carbonyl (C=O) groups excluding carboxylic acids is 2. The fourth-order valence-electron chi connectivity index (χ4n) is 9.21. The van der Waals surface area contributed by atoms with Crippen LogP contribution in [-0.4, -0.2) is 26.3 Å². The predicted molar refractivity (Wildman–Crippen MR) is 298 cm³/mol. The summed E-state index contributed by atoms with van der Waals surface area (Å²) in [4.78, 5) is 23.8. The number of unbranched alkanes of at least 4 members (excludes halogenated alkanes) is 3. The first-order valence-electron chi connectivity index (χ1n) is 22.1. The Bertz CT molecular complexity index is 3240. The predicted octanol–water partition coefficient (Wildman–Crippen LogP) is 19.0. The molecule has 0 N–H and O–H groups in total. The number of nitrogens with zero attached hydrogens (tertiary/aromatic N) is 3. The normalized spacial score (nSPS) is 12.3. The van der Waals surface area contributed by atoms with Gasteiger partial charge in [0.2, 0.25) is 0 Å². The van der Waals surface area contributed by atoms with Gasteiger partial charge in [-0.15, -0.1) is 0 Å². The second-order valence-corrected chi connectivity index (χ2v) is 21.9. The molecule has 9 rings (SSSR count). The van der Waals surface area contributed by atoms with Crippen molar-refractivity contribution >= 4 is 198 Å². The Hall–Kier alpha value is -3.58. The Labute approximate surface area is 429 Å². The number of aromatic nitrogens is 3. The van der Waals surface area contributed by atoms with Gasteiger partial charge in [-0.2, -0.15) is 0 Å². The fourth-order valence-corrected chi connectivity index (χ4v) is 12.0. The van der Waals surface area contributed by atoms with Crippen molar-refractivity contribution in [2.24, 2.45) is 0 Å². The maximum atomic E-state index is 11.9. The molecule has 0 saturated carbocycles. The average Bonchev–Trinajstić information content (AvgIpc) is 3.85. The van der Waals surface area contributed by atoms with Crippen molar-refractivity contribution in [3.05, 3.63) is 133 Å². The zero-order chi connectivity index (χ0) is 45.7. The molecule has 0 fully saturated rings. The maximum Gasteiger partial charge on any atom is 0.151 e. The number of aryl methyl sites for hydroxylation is 3.